The molecule has 1 N–H and O–H groups in total. The number of aliphatic hydroxyl groups excluding tert-OH is 1. The van der Waals surface area contributed by atoms with Crippen molar-refractivity contribution in [3.8, 4) is 0 Å². The molecule has 0 unspecified atom stereocenters. The van der Waals surface area contributed by atoms with Crippen LogP contribution in [0.15, 0.2) is 53.6 Å². The molecule has 0 bridgehead atoms. The second-order valence-electron chi connectivity index (χ2n) is 4.79. The Morgan fingerprint density at radius 3 is 2.76 bits per heavy atom. The summed E-state index contributed by atoms with van der Waals surface area (Å²) in [5, 5.41) is 10.6. The number of pyridine rings is 1. The van der Waals surface area contributed by atoms with Crippen LogP contribution in [0.2, 0.25) is 0 Å². The zero-order chi connectivity index (χ0) is 15.0. The van der Waals surface area contributed by atoms with E-state index in [-0.39, 0.29) is 17.3 Å². The van der Waals surface area contributed by atoms with Crippen molar-refractivity contribution < 1.29 is 14.6 Å². The van der Waals surface area contributed by atoms with Crippen molar-refractivity contribution in [3.05, 3.63) is 59.2 Å². The van der Waals surface area contributed by atoms with Gasteiger partial charge in [0.05, 0.1) is 18.2 Å². The molecule has 21 heavy (non-hydrogen) atoms. The molecule has 2 aromatic rings. The highest BCUT2D eigenvalue weighted by atomic mass is 16.5. The first-order chi connectivity index (χ1) is 10.2. The highest BCUT2D eigenvalue weighted by molar-refractivity contribution is 6.22. The summed E-state index contributed by atoms with van der Waals surface area (Å²) in [6.45, 7) is 1.98. The summed E-state index contributed by atoms with van der Waals surface area (Å²) in [6.07, 6.45) is 2.39. The molecule has 0 aliphatic heterocycles. The van der Waals surface area contributed by atoms with E-state index in [4.69, 9.17) is 4.74 Å². The van der Waals surface area contributed by atoms with E-state index >= 15 is 0 Å². The summed E-state index contributed by atoms with van der Waals surface area (Å²) in [6, 6.07) is 9.68. The van der Waals surface area contributed by atoms with Gasteiger partial charge in [0, 0.05) is 11.6 Å². The Morgan fingerprint density at radius 2 is 2.05 bits per heavy atom. The minimum absolute atomic E-state index is 0.276. The third-order valence-corrected chi connectivity index (χ3v) is 3.72. The van der Waals surface area contributed by atoms with Gasteiger partial charge in [0.15, 0.2) is 5.76 Å². The molecule has 4 heteroatoms. The molecule has 1 aliphatic carbocycles. The van der Waals surface area contributed by atoms with Crippen LogP contribution in [0.5, 0.6) is 0 Å². The summed E-state index contributed by atoms with van der Waals surface area (Å²) in [7, 11) is 1.45. The van der Waals surface area contributed by atoms with Gasteiger partial charge in [-0.3, -0.25) is 9.78 Å². The maximum atomic E-state index is 12.0. The van der Waals surface area contributed by atoms with E-state index in [9.17, 15) is 9.90 Å². The van der Waals surface area contributed by atoms with Crippen molar-refractivity contribution in [2.24, 2.45) is 0 Å². The number of carbonyl (C=O) groups is 1. The number of ketones is 1. The molecule has 0 saturated heterocycles. The van der Waals surface area contributed by atoms with Gasteiger partial charge in [0.25, 0.3) is 0 Å². The number of allylic oxidation sites excluding steroid dienone is 3. The first kappa shape index (κ1) is 13.4. The predicted molar refractivity (Wildman–Crippen MR) is 80.6 cm³/mol. The molecule has 1 aliphatic rings. The third-order valence-electron chi connectivity index (χ3n) is 3.72. The minimum Gasteiger partial charge on any atom is -0.502 e. The molecule has 0 atom stereocenters. The number of benzene rings is 1. The van der Waals surface area contributed by atoms with Crippen LogP contribution >= 0.6 is 0 Å². The fourth-order valence-electron chi connectivity index (χ4n) is 2.71. The molecular weight excluding hydrogens is 266 g/mol. The molecular formula is C17H15NO3. The Hall–Kier alpha value is -2.62. The quantitative estimate of drug-likeness (QED) is 0.876. The Morgan fingerprint density at radius 1 is 1.29 bits per heavy atom. The zero-order valence-corrected chi connectivity index (χ0v) is 11.9. The van der Waals surface area contributed by atoms with Gasteiger partial charge in [-0.15, -0.1) is 0 Å². The van der Waals surface area contributed by atoms with Crippen LogP contribution in [-0.4, -0.2) is 23.0 Å². The standard InChI is InChI=1S/C17H15NO3/c1-3-10(14-15(19)16(20)17(14)21-2)11-8-9-18-13-7-5-4-6-12(11)13/h4-9,20H,3H2,1-2H3. The summed E-state index contributed by atoms with van der Waals surface area (Å²) >= 11 is 0. The van der Waals surface area contributed by atoms with Crippen molar-refractivity contribution >= 4 is 22.3 Å². The lowest BCUT2D eigenvalue weighted by Crippen LogP contribution is -2.24. The highest BCUT2D eigenvalue weighted by Crippen LogP contribution is 2.38. The smallest absolute Gasteiger partial charge is 0.235 e. The molecule has 0 saturated carbocycles. The van der Waals surface area contributed by atoms with Crippen molar-refractivity contribution in [2.45, 2.75) is 13.3 Å². The molecule has 0 radical (unpaired) electrons. The normalized spacial score (nSPS) is 17.0. The fraction of sp³-hybridized carbons (Fsp3) is 0.176. The number of hydrogen-bond donors (Lipinski definition) is 1. The van der Waals surface area contributed by atoms with Crippen LogP contribution in [0, 0.1) is 0 Å². The lowest BCUT2D eigenvalue weighted by molar-refractivity contribution is -0.116. The van der Waals surface area contributed by atoms with E-state index in [0.717, 1.165) is 22.0 Å². The molecule has 0 fully saturated rings. The summed E-state index contributed by atoms with van der Waals surface area (Å²) < 4.78 is 5.13. The molecule has 1 heterocycles. The van der Waals surface area contributed by atoms with E-state index in [2.05, 4.69) is 4.98 Å². The average Bonchev–Trinajstić information content (AvgIpc) is 2.54. The van der Waals surface area contributed by atoms with Crippen LogP contribution in [-0.2, 0) is 9.53 Å². The number of Topliss-reactive ketones (excluding diaryl/α,β-unsaturated/α-hetero) is 1. The van der Waals surface area contributed by atoms with Gasteiger partial charge in [-0.2, -0.15) is 0 Å². The Labute approximate surface area is 122 Å². The third kappa shape index (κ3) is 1.91. The van der Waals surface area contributed by atoms with Gasteiger partial charge in [-0.1, -0.05) is 25.1 Å². The van der Waals surface area contributed by atoms with Crippen molar-refractivity contribution in [3.63, 3.8) is 0 Å². The molecule has 3 rings (SSSR count). The number of methoxy groups -OCH3 is 1. The van der Waals surface area contributed by atoms with Crippen LogP contribution in [0.3, 0.4) is 0 Å². The van der Waals surface area contributed by atoms with Crippen molar-refractivity contribution in [1.29, 1.82) is 0 Å². The number of carbonyl (C=O) groups excluding carboxylic acids is 1. The highest BCUT2D eigenvalue weighted by Gasteiger charge is 2.37. The number of fused-ring (bicyclic) bond motifs is 1. The number of rotatable bonds is 3. The largest absolute Gasteiger partial charge is 0.502 e. The number of hydrogen-bond acceptors (Lipinski definition) is 4. The minimum atomic E-state index is -0.357. The number of para-hydroxylation sites is 1. The van der Waals surface area contributed by atoms with Crippen molar-refractivity contribution in [1.82, 2.24) is 4.98 Å². The topological polar surface area (TPSA) is 59.4 Å². The van der Waals surface area contributed by atoms with Crippen LogP contribution in [0.4, 0.5) is 0 Å². The van der Waals surface area contributed by atoms with Crippen LogP contribution < -0.4 is 0 Å². The lowest BCUT2D eigenvalue weighted by atomic mass is 9.85. The maximum absolute atomic E-state index is 12.0. The predicted octanol–water partition coefficient (Wildman–Crippen LogP) is 3.40. The first-order valence-electron chi connectivity index (χ1n) is 6.78. The maximum Gasteiger partial charge on any atom is 0.235 e. The van der Waals surface area contributed by atoms with Gasteiger partial charge in [0.1, 0.15) is 0 Å². The Balaban J connectivity index is 2.28. The van der Waals surface area contributed by atoms with E-state index in [1.54, 1.807) is 6.20 Å². The molecule has 106 valence electrons. The lowest BCUT2D eigenvalue weighted by Gasteiger charge is -2.23. The van der Waals surface area contributed by atoms with Gasteiger partial charge in [-0.25, -0.2) is 0 Å². The summed E-state index contributed by atoms with van der Waals surface area (Å²) in [5.41, 5.74) is 3.16. The van der Waals surface area contributed by atoms with Crippen molar-refractivity contribution in [2.75, 3.05) is 7.11 Å². The Bertz CT molecular complexity index is 797. The second kappa shape index (κ2) is 5.05. The van der Waals surface area contributed by atoms with E-state index in [0.29, 0.717) is 12.0 Å². The number of ether oxygens (including phenoxy) is 1. The first-order valence-corrected chi connectivity index (χ1v) is 6.78. The van der Waals surface area contributed by atoms with Crippen LogP contribution in [0.25, 0.3) is 16.5 Å². The van der Waals surface area contributed by atoms with Gasteiger partial charge in [0.2, 0.25) is 11.5 Å². The SMILES string of the molecule is CCC(=C1C(=O)C(O)=C1OC)c1ccnc2ccccc12. The van der Waals surface area contributed by atoms with E-state index in [1.807, 2.05) is 37.3 Å². The molecule has 4 nitrogen and oxygen atoms in total. The van der Waals surface area contributed by atoms with Gasteiger partial charge >= 0.3 is 0 Å². The van der Waals surface area contributed by atoms with Gasteiger partial charge < -0.3 is 9.84 Å². The number of nitrogens with zero attached hydrogens (tertiary/aromatic N) is 1. The molecule has 0 spiro atoms. The van der Waals surface area contributed by atoms with E-state index in [1.165, 1.54) is 7.11 Å². The zero-order valence-electron chi connectivity index (χ0n) is 11.9. The average molecular weight is 281 g/mol. The summed E-state index contributed by atoms with van der Waals surface area (Å²) in [5.74, 6) is -0.376. The van der Waals surface area contributed by atoms with E-state index < -0.39 is 0 Å². The van der Waals surface area contributed by atoms with Crippen LogP contribution in [0.1, 0.15) is 18.9 Å². The molecule has 1 aromatic heterocycles. The fourth-order valence-corrected chi connectivity index (χ4v) is 2.71. The molecule has 0 amide bonds. The molecule has 1 aromatic carbocycles. The second-order valence-corrected chi connectivity index (χ2v) is 4.79. The number of aliphatic hydroxyl groups is 1. The number of aromatic nitrogens is 1. The monoisotopic (exact) mass is 281 g/mol. The van der Waals surface area contributed by atoms with Gasteiger partial charge in [-0.05, 0) is 29.7 Å². The summed E-state index contributed by atoms with van der Waals surface area (Å²) in [4.78, 5) is 16.3. The Kier molecular flexibility index (Phi) is 3.22.